The number of benzene rings is 1. The smallest absolute Gasteiger partial charge is 0.196 e. The Hall–Kier alpha value is -2.38. The Balaban J connectivity index is 1.66. The van der Waals surface area contributed by atoms with E-state index in [9.17, 15) is 0 Å². The van der Waals surface area contributed by atoms with Crippen LogP contribution in [0.2, 0.25) is 0 Å². The van der Waals surface area contributed by atoms with Crippen LogP contribution in [-0.4, -0.2) is 24.3 Å². The Labute approximate surface area is 154 Å². The third kappa shape index (κ3) is 3.52. The molecule has 0 aliphatic heterocycles. The lowest BCUT2D eigenvalue weighted by atomic mass is 10.3. The Morgan fingerprint density at radius 1 is 1.04 bits per heavy atom. The number of aromatic nitrogens is 5. The maximum absolute atomic E-state index is 4.46. The summed E-state index contributed by atoms with van der Waals surface area (Å²) in [7, 11) is 2.01. The topological polar surface area (TPSA) is 48.5 Å². The highest BCUT2D eigenvalue weighted by Crippen LogP contribution is 2.26. The largest absolute Gasteiger partial charge is 0.337 e. The average molecular weight is 368 g/mol. The van der Waals surface area contributed by atoms with Crippen LogP contribution in [0.25, 0.3) is 5.69 Å². The van der Waals surface area contributed by atoms with Gasteiger partial charge in [-0.15, -0.1) is 21.5 Å². The van der Waals surface area contributed by atoms with E-state index in [1.807, 2.05) is 42.2 Å². The summed E-state index contributed by atoms with van der Waals surface area (Å²) < 4.78 is 4.18. The molecule has 3 aromatic heterocycles. The van der Waals surface area contributed by atoms with Crippen molar-refractivity contribution in [3.63, 3.8) is 0 Å². The molecule has 126 valence electrons. The molecule has 4 aromatic rings. The van der Waals surface area contributed by atoms with Crippen LogP contribution in [0.15, 0.2) is 65.4 Å². The average Bonchev–Trinajstić information content (AvgIpc) is 3.36. The quantitative estimate of drug-likeness (QED) is 0.484. The predicted octanol–water partition coefficient (Wildman–Crippen LogP) is 3.95. The molecule has 0 amide bonds. The molecular weight excluding hydrogens is 350 g/mol. The van der Waals surface area contributed by atoms with E-state index in [1.54, 1.807) is 23.1 Å². The van der Waals surface area contributed by atoms with E-state index in [2.05, 4.69) is 49.4 Å². The molecule has 0 N–H and O–H groups in total. The lowest BCUT2D eigenvalue weighted by Gasteiger charge is -2.09. The lowest BCUT2D eigenvalue weighted by molar-refractivity contribution is 0.834. The third-order valence-corrected chi connectivity index (χ3v) is 5.68. The van der Waals surface area contributed by atoms with Crippen molar-refractivity contribution in [1.82, 2.24) is 24.3 Å². The second kappa shape index (κ2) is 7.25. The van der Waals surface area contributed by atoms with Crippen molar-refractivity contribution in [2.45, 2.75) is 17.3 Å². The molecule has 0 unspecified atom stereocenters. The highest BCUT2D eigenvalue weighted by Gasteiger charge is 2.16. The summed E-state index contributed by atoms with van der Waals surface area (Å²) in [5.74, 6) is 2.73. The van der Waals surface area contributed by atoms with Crippen LogP contribution in [0.5, 0.6) is 0 Å². The van der Waals surface area contributed by atoms with Crippen molar-refractivity contribution in [2.24, 2.45) is 7.05 Å². The van der Waals surface area contributed by atoms with E-state index in [0.717, 1.165) is 34.7 Å². The molecule has 3 heterocycles. The van der Waals surface area contributed by atoms with Crippen LogP contribution in [0.3, 0.4) is 0 Å². The Bertz CT molecular complexity index is 941. The summed E-state index contributed by atoms with van der Waals surface area (Å²) in [5.41, 5.74) is 1.08. The number of hydrogen-bond donors (Lipinski definition) is 0. The van der Waals surface area contributed by atoms with Gasteiger partial charge in [0.2, 0.25) is 0 Å². The van der Waals surface area contributed by atoms with Gasteiger partial charge in [-0.25, -0.2) is 4.98 Å². The first-order valence-corrected chi connectivity index (χ1v) is 9.79. The first kappa shape index (κ1) is 16.1. The predicted molar refractivity (Wildman–Crippen MR) is 101 cm³/mol. The minimum Gasteiger partial charge on any atom is -0.337 e. The van der Waals surface area contributed by atoms with E-state index in [4.69, 9.17) is 0 Å². The molecule has 7 heteroatoms. The molecule has 0 saturated heterocycles. The SMILES string of the molecule is Cn1ccnc1CSc1nnc(Cc2cccs2)n1-c1ccccc1. The number of thiophene rings is 1. The number of imidazole rings is 1. The summed E-state index contributed by atoms with van der Waals surface area (Å²) in [5, 5.41) is 11.9. The molecule has 0 spiro atoms. The number of para-hydroxylation sites is 1. The second-order valence-electron chi connectivity index (χ2n) is 5.57. The van der Waals surface area contributed by atoms with Gasteiger partial charge in [0.15, 0.2) is 5.16 Å². The Morgan fingerprint density at radius 2 is 1.92 bits per heavy atom. The number of thioether (sulfide) groups is 1. The van der Waals surface area contributed by atoms with Gasteiger partial charge in [-0.3, -0.25) is 4.57 Å². The van der Waals surface area contributed by atoms with Crippen LogP contribution < -0.4 is 0 Å². The van der Waals surface area contributed by atoms with Gasteiger partial charge < -0.3 is 4.57 Å². The zero-order chi connectivity index (χ0) is 17.1. The molecule has 25 heavy (non-hydrogen) atoms. The number of hydrogen-bond acceptors (Lipinski definition) is 5. The van der Waals surface area contributed by atoms with Crippen molar-refractivity contribution in [3.8, 4) is 5.69 Å². The molecule has 0 fully saturated rings. The maximum Gasteiger partial charge on any atom is 0.196 e. The van der Waals surface area contributed by atoms with Gasteiger partial charge in [0.25, 0.3) is 0 Å². The van der Waals surface area contributed by atoms with Crippen LogP contribution in [-0.2, 0) is 19.2 Å². The Morgan fingerprint density at radius 3 is 2.64 bits per heavy atom. The molecule has 0 aliphatic carbocycles. The van der Waals surface area contributed by atoms with Gasteiger partial charge in [0.1, 0.15) is 11.6 Å². The van der Waals surface area contributed by atoms with Crippen molar-refractivity contribution in [3.05, 3.63) is 76.8 Å². The molecule has 0 radical (unpaired) electrons. The highest BCUT2D eigenvalue weighted by atomic mass is 32.2. The van der Waals surface area contributed by atoms with E-state index < -0.39 is 0 Å². The third-order valence-electron chi connectivity index (χ3n) is 3.88. The first-order chi connectivity index (χ1) is 12.3. The van der Waals surface area contributed by atoms with Crippen molar-refractivity contribution in [2.75, 3.05) is 0 Å². The lowest BCUT2D eigenvalue weighted by Crippen LogP contribution is -2.03. The monoisotopic (exact) mass is 367 g/mol. The Kier molecular flexibility index (Phi) is 4.67. The van der Waals surface area contributed by atoms with Crippen molar-refractivity contribution in [1.29, 1.82) is 0 Å². The fourth-order valence-corrected chi connectivity index (χ4v) is 4.25. The molecule has 0 saturated carbocycles. The van der Waals surface area contributed by atoms with Gasteiger partial charge in [-0.1, -0.05) is 36.0 Å². The van der Waals surface area contributed by atoms with Crippen LogP contribution in [0, 0.1) is 0 Å². The van der Waals surface area contributed by atoms with E-state index in [0.29, 0.717) is 0 Å². The van der Waals surface area contributed by atoms with Gasteiger partial charge >= 0.3 is 0 Å². The molecule has 0 bridgehead atoms. The fraction of sp³-hybridized carbons (Fsp3) is 0.167. The zero-order valence-electron chi connectivity index (χ0n) is 13.7. The van der Waals surface area contributed by atoms with Crippen LogP contribution >= 0.6 is 23.1 Å². The van der Waals surface area contributed by atoms with Crippen LogP contribution in [0.4, 0.5) is 0 Å². The van der Waals surface area contributed by atoms with Crippen molar-refractivity contribution >= 4 is 23.1 Å². The summed E-state index contributed by atoms with van der Waals surface area (Å²) >= 11 is 3.40. The number of nitrogens with zero attached hydrogens (tertiary/aromatic N) is 5. The molecule has 4 rings (SSSR count). The molecule has 0 atom stereocenters. The molecule has 5 nitrogen and oxygen atoms in total. The summed E-state index contributed by atoms with van der Waals surface area (Å²) in [6.45, 7) is 0. The minimum absolute atomic E-state index is 0.757. The van der Waals surface area contributed by atoms with Gasteiger partial charge in [0.05, 0.1) is 5.75 Å². The van der Waals surface area contributed by atoms with Crippen LogP contribution in [0.1, 0.15) is 16.5 Å². The molecule has 1 aromatic carbocycles. The van der Waals surface area contributed by atoms with E-state index in [1.165, 1.54) is 4.88 Å². The zero-order valence-corrected chi connectivity index (χ0v) is 15.4. The summed E-state index contributed by atoms with van der Waals surface area (Å²) in [4.78, 5) is 5.67. The first-order valence-electron chi connectivity index (χ1n) is 7.92. The van der Waals surface area contributed by atoms with Gasteiger partial charge in [0, 0.05) is 36.4 Å². The highest BCUT2D eigenvalue weighted by molar-refractivity contribution is 7.98. The van der Waals surface area contributed by atoms with Crippen molar-refractivity contribution < 1.29 is 0 Å². The number of rotatable bonds is 6. The molecule has 0 aliphatic rings. The summed E-state index contributed by atoms with van der Waals surface area (Å²) in [6, 6.07) is 14.5. The normalized spacial score (nSPS) is 11.1. The van der Waals surface area contributed by atoms with E-state index >= 15 is 0 Å². The fourth-order valence-electron chi connectivity index (χ4n) is 2.58. The van der Waals surface area contributed by atoms with Gasteiger partial charge in [-0.2, -0.15) is 0 Å². The molecular formula is C18H17N5S2. The minimum atomic E-state index is 0.757. The number of aryl methyl sites for hydroxylation is 1. The second-order valence-corrected chi connectivity index (χ2v) is 7.54. The standard InChI is InChI=1S/C18H17N5S2/c1-22-10-9-19-17(22)13-25-18-21-20-16(12-15-8-5-11-24-15)23(18)14-6-3-2-4-7-14/h2-11H,12-13H2,1H3. The maximum atomic E-state index is 4.46. The van der Waals surface area contributed by atoms with E-state index in [-0.39, 0.29) is 0 Å². The van der Waals surface area contributed by atoms with Gasteiger partial charge in [-0.05, 0) is 23.6 Å². The summed E-state index contributed by atoms with van der Waals surface area (Å²) in [6.07, 6.45) is 4.56.